The minimum Gasteiger partial charge on any atom is -0.457 e. The summed E-state index contributed by atoms with van der Waals surface area (Å²) < 4.78 is 5.72. The fourth-order valence-corrected chi connectivity index (χ4v) is 2.01. The Bertz CT molecular complexity index is 662. The van der Waals surface area contributed by atoms with Gasteiger partial charge in [-0.05, 0) is 55.3 Å². The molecule has 0 aliphatic heterocycles. The molecule has 0 saturated carbocycles. The summed E-state index contributed by atoms with van der Waals surface area (Å²) in [4.78, 5) is 27.1. The van der Waals surface area contributed by atoms with Crippen molar-refractivity contribution in [2.75, 3.05) is 7.11 Å². The van der Waals surface area contributed by atoms with Crippen LogP contribution in [0.2, 0.25) is 0 Å². The maximum Gasteiger partial charge on any atom is 0.274 e. The van der Waals surface area contributed by atoms with Crippen LogP contribution in [0.5, 0.6) is 11.5 Å². The molecule has 120 valence electrons. The molecule has 5 heteroatoms. The zero-order valence-corrected chi connectivity index (χ0v) is 13.2. The van der Waals surface area contributed by atoms with Gasteiger partial charge in [0.05, 0.1) is 7.11 Å². The van der Waals surface area contributed by atoms with Gasteiger partial charge in [0, 0.05) is 12.0 Å². The first kappa shape index (κ1) is 16.7. The molecular weight excluding hydrogens is 294 g/mol. The molecule has 1 amide bonds. The minimum absolute atomic E-state index is 0.183. The Balaban J connectivity index is 1.96. The number of carbonyl (C=O) groups is 2. The fraction of sp³-hybridized carbons (Fsp3) is 0.222. The van der Waals surface area contributed by atoms with Gasteiger partial charge in [0.2, 0.25) is 0 Å². The molecule has 0 aromatic heterocycles. The molecule has 0 heterocycles. The quantitative estimate of drug-likeness (QED) is 0.797. The van der Waals surface area contributed by atoms with Crippen LogP contribution in [0, 0.1) is 0 Å². The van der Waals surface area contributed by atoms with E-state index in [1.54, 1.807) is 31.2 Å². The summed E-state index contributed by atoms with van der Waals surface area (Å²) in [7, 11) is 1.38. The van der Waals surface area contributed by atoms with Crippen LogP contribution in [0.25, 0.3) is 0 Å². The number of ether oxygens (including phenoxy) is 1. The third-order valence-electron chi connectivity index (χ3n) is 3.24. The Labute approximate surface area is 135 Å². The number of carbonyl (C=O) groups excluding carboxylic acids is 2. The van der Waals surface area contributed by atoms with Crippen LogP contribution in [0.4, 0.5) is 0 Å². The lowest BCUT2D eigenvalue weighted by atomic mass is 10.1. The van der Waals surface area contributed by atoms with Gasteiger partial charge in [-0.15, -0.1) is 0 Å². The van der Waals surface area contributed by atoms with Gasteiger partial charge in [0.15, 0.2) is 0 Å². The first-order valence-corrected chi connectivity index (χ1v) is 7.28. The molecule has 2 aromatic carbocycles. The second-order valence-electron chi connectivity index (χ2n) is 5.11. The average Bonchev–Trinajstić information content (AvgIpc) is 2.55. The van der Waals surface area contributed by atoms with Gasteiger partial charge < -0.3 is 9.53 Å². The number of amides is 1. The normalized spacial score (nSPS) is 10.2. The van der Waals surface area contributed by atoms with E-state index in [0.717, 1.165) is 12.0 Å². The Morgan fingerprint density at radius 2 is 1.52 bits per heavy atom. The highest BCUT2D eigenvalue weighted by Gasteiger charge is 2.05. The highest BCUT2D eigenvalue weighted by molar-refractivity contribution is 5.93. The van der Waals surface area contributed by atoms with Crippen molar-refractivity contribution in [3.8, 4) is 11.5 Å². The van der Waals surface area contributed by atoms with Gasteiger partial charge in [0.1, 0.15) is 17.3 Å². The number of nitrogens with one attached hydrogen (secondary N) is 1. The predicted octanol–water partition coefficient (Wildman–Crippen LogP) is 3.29. The van der Waals surface area contributed by atoms with Gasteiger partial charge in [-0.1, -0.05) is 12.1 Å². The van der Waals surface area contributed by atoms with Crippen LogP contribution in [-0.2, 0) is 16.1 Å². The maximum atomic E-state index is 11.6. The number of aryl methyl sites for hydroxylation is 1. The molecule has 23 heavy (non-hydrogen) atoms. The van der Waals surface area contributed by atoms with E-state index in [4.69, 9.17) is 4.74 Å². The lowest BCUT2D eigenvalue weighted by Gasteiger charge is -2.08. The molecule has 2 aromatic rings. The molecule has 5 nitrogen and oxygen atoms in total. The smallest absolute Gasteiger partial charge is 0.274 e. The number of ketones is 1. The molecule has 0 spiro atoms. The first-order chi connectivity index (χ1) is 11.1. The van der Waals surface area contributed by atoms with Crippen LogP contribution in [-0.4, -0.2) is 18.8 Å². The van der Waals surface area contributed by atoms with E-state index in [1.165, 1.54) is 7.11 Å². The summed E-state index contributed by atoms with van der Waals surface area (Å²) in [6, 6.07) is 14.4. The average molecular weight is 313 g/mol. The van der Waals surface area contributed by atoms with Crippen molar-refractivity contribution < 1.29 is 19.2 Å². The van der Waals surface area contributed by atoms with Crippen LogP contribution >= 0.6 is 0 Å². The number of hydrogen-bond donors (Lipinski definition) is 1. The molecule has 1 N–H and O–H groups in total. The van der Waals surface area contributed by atoms with E-state index in [0.29, 0.717) is 23.5 Å². The molecular formula is C18H19NO4. The second kappa shape index (κ2) is 8.10. The molecule has 0 radical (unpaired) electrons. The molecule has 0 fully saturated rings. The van der Waals surface area contributed by atoms with Crippen molar-refractivity contribution in [2.45, 2.75) is 19.8 Å². The van der Waals surface area contributed by atoms with E-state index >= 15 is 0 Å². The first-order valence-electron chi connectivity index (χ1n) is 7.28. The number of hydrogen-bond acceptors (Lipinski definition) is 4. The molecule has 2 rings (SSSR count). The van der Waals surface area contributed by atoms with Crippen molar-refractivity contribution in [3.63, 3.8) is 0 Å². The monoisotopic (exact) mass is 313 g/mol. The van der Waals surface area contributed by atoms with Crippen molar-refractivity contribution in [3.05, 3.63) is 59.7 Å². The number of rotatable bonds is 7. The molecule has 0 bridgehead atoms. The fourth-order valence-electron chi connectivity index (χ4n) is 2.01. The molecule has 0 aliphatic carbocycles. The molecule has 0 aliphatic rings. The Hall–Kier alpha value is -2.66. The number of benzene rings is 2. The highest BCUT2D eigenvalue weighted by atomic mass is 16.6. The number of hydroxylamine groups is 1. The molecule has 0 atom stereocenters. The lowest BCUT2D eigenvalue weighted by Crippen LogP contribution is -2.21. The highest BCUT2D eigenvalue weighted by Crippen LogP contribution is 2.22. The zero-order valence-electron chi connectivity index (χ0n) is 13.2. The maximum absolute atomic E-state index is 11.6. The lowest BCUT2D eigenvalue weighted by molar-refractivity contribution is -0.116. The van der Waals surface area contributed by atoms with Gasteiger partial charge >= 0.3 is 0 Å². The summed E-state index contributed by atoms with van der Waals surface area (Å²) in [6.07, 6.45) is 1.28. The van der Waals surface area contributed by atoms with Crippen molar-refractivity contribution in [1.29, 1.82) is 0 Å². The van der Waals surface area contributed by atoms with Crippen LogP contribution in [0.1, 0.15) is 29.3 Å². The van der Waals surface area contributed by atoms with Gasteiger partial charge in [-0.2, -0.15) is 0 Å². The van der Waals surface area contributed by atoms with Crippen LogP contribution < -0.4 is 10.2 Å². The largest absolute Gasteiger partial charge is 0.457 e. The summed E-state index contributed by atoms with van der Waals surface area (Å²) in [5, 5.41) is 0. The summed E-state index contributed by atoms with van der Waals surface area (Å²) in [6.45, 7) is 1.59. The predicted molar refractivity (Wildman–Crippen MR) is 86.4 cm³/mol. The Morgan fingerprint density at radius 3 is 2.04 bits per heavy atom. The van der Waals surface area contributed by atoms with Crippen molar-refractivity contribution >= 4 is 11.7 Å². The van der Waals surface area contributed by atoms with Gasteiger partial charge in [0.25, 0.3) is 5.91 Å². The minimum atomic E-state index is -0.311. The summed E-state index contributed by atoms with van der Waals surface area (Å²) in [5.41, 5.74) is 3.83. The summed E-state index contributed by atoms with van der Waals surface area (Å²) in [5.74, 6) is 1.21. The van der Waals surface area contributed by atoms with Gasteiger partial charge in [-0.25, -0.2) is 5.48 Å². The zero-order chi connectivity index (χ0) is 16.7. The van der Waals surface area contributed by atoms with Crippen LogP contribution in [0.15, 0.2) is 48.5 Å². The topological polar surface area (TPSA) is 64.6 Å². The van der Waals surface area contributed by atoms with Crippen molar-refractivity contribution in [2.24, 2.45) is 0 Å². The molecule has 0 unspecified atom stereocenters. The van der Waals surface area contributed by atoms with E-state index in [9.17, 15) is 9.59 Å². The van der Waals surface area contributed by atoms with Gasteiger partial charge in [-0.3, -0.25) is 9.63 Å². The standard InChI is InChI=1S/C18H19NO4/c1-13(20)3-4-14-5-9-16(10-6-14)23-17-11-7-15(8-12-17)18(21)19-22-2/h5-12H,3-4H2,1-2H3,(H,19,21). The van der Waals surface area contributed by atoms with E-state index in [-0.39, 0.29) is 11.7 Å². The third kappa shape index (κ3) is 5.23. The van der Waals surface area contributed by atoms with E-state index in [2.05, 4.69) is 10.3 Å². The van der Waals surface area contributed by atoms with Crippen molar-refractivity contribution in [1.82, 2.24) is 5.48 Å². The SMILES string of the molecule is CONC(=O)c1ccc(Oc2ccc(CCC(C)=O)cc2)cc1. The van der Waals surface area contributed by atoms with Crippen LogP contribution in [0.3, 0.4) is 0 Å². The second-order valence-corrected chi connectivity index (χ2v) is 5.11. The number of Topliss-reactive ketones (excluding diaryl/α,β-unsaturated/α-hetero) is 1. The Kier molecular flexibility index (Phi) is 5.88. The third-order valence-corrected chi connectivity index (χ3v) is 3.24. The Morgan fingerprint density at radius 1 is 0.957 bits per heavy atom. The molecule has 0 saturated heterocycles. The summed E-state index contributed by atoms with van der Waals surface area (Å²) >= 11 is 0. The van der Waals surface area contributed by atoms with E-state index in [1.807, 2.05) is 24.3 Å². The van der Waals surface area contributed by atoms with E-state index < -0.39 is 0 Å².